The number of rotatable bonds is 3. The summed E-state index contributed by atoms with van der Waals surface area (Å²) in [5, 5.41) is 0.310. The van der Waals surface area contributed by atoms with Crippen molar-refractivity contribution in [1.29, 1.82) is 0 Å². The summed E-state index contributed by atoms with van der Waals surface area (Å²) in [7, 11) is -3.80. The lowest BCUT2D eigenvalue weighted by atomic mass is 10.2. The quantitative estimate of drug-likeness (QED) is 0.801. The van der Waals surface area contributed by atoms with Crippen molar-refractivity contribution in [3.05, 3.63) is 39.7 Å². The fourth-order valence-corrected chi connectivity index (χ4v) is 3.19. The number of hydrogen-bond acceptors (Lipinski definition) is 5. The first-order chi connectivity index (χ1) is 9.29. The van der Waals surface area contributed by atoms with Crippen LogP contribution in [0.4, 0.5) is 11.5 Å². The molecule has 1 heterocycles. The summed E-state index contributed by atoms with van der Waals surface area (Å²) in [5.41, 5.74) is 6.32. The first-order valence-corrected chi connectivity index (χ1v) is 8.01. The summed E-state index contributed by atoms with van der Waals surface area (Å²) in [4.78, 5) is 7.84. The largest absolute Gasteiger partial charge is 0.397 e. The summed E-state index contributed by atoms with van der Waals surface area (Å²) < 4.78 is 27.4. The molecule has 0 aliphatic heterocycles. The number of halogens is 2. The number of sulfonamides is 1. The SMILES string of the molecule is Cc1cc(Cl)c(N)cc1S(=O)(=O)Nc1cnc(Br)cn1. The lowest BCUT2D eigenvalue weighted by Crippen LogP contribution is -2.15. The first-order valence-electron chi connectivity index (χ1n) is 5.35. The predicted molar refractivity (Wildman–Crippen MR) is 81.1 cm³/mol. The molecule has 0 radical (unpaired) electrons. The number of anilines is 2. The zero-order chi connectivity index (χ0) is 14.9. The maximum Gasteiger partial charge on any atom is 0.263 e. The minimum Gasteiger partial charge on any atom is -0.397 e. The van der Waals surface area contributed by atoms with Gasteiger partial charge in [-0.15, -0.1) is 0 Å². The van der Waals surface area contributed by atoms with E-state index in [4.69, 9.17) is 17.3 Å². The van der Waals surface area contributed by atoms with Crippen LogP contribution < -0.4 is 10.5 Å². The van der Waals surface area contributed by atoms with Crippen molar-refractivity contribution in [3.8, 4) is 0 Å². The molecule has 0 amide bonds. The molecule has 6 nitrogen and oxygen atoms in total. The second-order valence-corrected chi connectivity index (χ2v) is 6.84. The van der Waals surface area contributed by atoms with Gasteiger partial charge in [-0.25, -0.2) is 18.4 Å². The molecule has 0 fully saturated rings. The Kier molecular flexibility index (Phi) is 4.17. The molecule has 0 bridgehead atoms. The van der Waals surface area contributed by atoms with E-state index in [-0.39, 0.29) is 16.4 Å². The van der Waals surface area contributed by atoms with Gasteiger partial charge in [-0.3, -0.25) is 4.72 Å². The zero-order valence-electron chi connectivity index (χ0n) is 10.3. The lowest BCUT2D eigenvalue weighted by molar-refractivity contribution is 0.600. The van der Waals surface area contributed by atoms with Gasteiger partial charge in [0.15, 0.2) is 5.82 Å². The Hall–Kier alpha value is -1.38. The van der Waals surface area contributed by atoms with E-state index < -0.39 is 10.0 Å². The van der Waals surface area contributed by atoms with Crippen molar-refractivity contribution >= 4 is 49.1 Å². The molecule has 0 aliphatic carbocycles. The number of aromatic nitrogens is 2. The maximum atomic E-state index is 12.3. The Balaban J connectivity index is 2.40. The Labute approximate surface area is 129 Å². The second-order valence-electron chi connectivity index (χ2n) is 3.97. The van der Waals surface area contributed by atoms with Crippen molar-refractivity contribution in [2.45, 2.75) is 11.8 Å². The number of nitrogens with zero attached hydrogens (tertiary/aromatic N) is 2. The molecular formula is C11H10BrClN4O2S. The van der Waals surface area contributed by atoms with Crippen LogP contribution in [0.15, 0.2) is 34.0 Å². The molecule has 1 aromatic heterocycles. The van der Waals surface area contributed by atoms with Crippen LogP contribution in [-0.4, -0.2) is 18.4 Å². The Morgan fingerprint density at radius 2 is 2.00 bits per heavy atom. The standard InChI is InChI=1S/C11H10BrClN4O2S/c1-6-2-7(13)8(14)3-9(6)20(18,19)17-11-5-15-10(12)4-16-11/h2-5H,14H2,1H3,(H,16,17). The number of nitrogen functional groups attached to an aromatic ring is 1. The minimum atomic E-state index is -3.80. The van der Waals surface area contributed by atoms with Crippen LogP contribution >= 0.6 is 27.5 Å². The van der Waals surface area contributed by atoms with E-state index in [9.17, 15) is 8.42 Å². The van der Waals surface area contributed by atoms with Crippen LogP contribution in [0.5, 0.6) is 0 Å². The van der Waals surface area contributed by atoms with Gasteiger partial charge in [0.2, 0.25) is 0 Å². The van der Waals surface area contributed by atoms with E-state index in [0.29, 0.717) is 15.2 Å². The number of nitrogens with two attached hydrogens (primary N) is 1. The highest BCUT2D eigenvalue weighted by molar-refractivity contribution is 9.10. The summed E-state index contributed by atoms with van der Waals surface area (Å²) >= 11 is 8.96. The summed E-state index contributed by atoms with van der Waals surface area (Å²) in [6.07, 6.45) is 2.69. The normalized spacial score (nSPS) is 11.3. The second kappa shape index (κ2) is 5.55. The van der Waals surface area contributed by atoms with Crippen molar-refractivity contribution in [3.63, 3.8) is 0 Å². The molecule has 0 unspecified atom stereocenters. The molecule has 0 saturated carbocycles. The van der Waals surface area contributed by atoms with Gasteiger partial charge in [0, 0.05) is 0 Å². The van der Waals surface area contributed by atoms with Gasteiger partial charge in [-0.05, 0) is 40.5 Å². The van der Waals surface area contributed by atoms with E-state index in [1.54, 1.807) is 6.92 Å². The molecule has 2 rings (SSSR count). The van der Waals surface area contributed by atoms with Gasteiger partial charge >= 0.3 is 0 Å². The highest BCUT2D eigenvalue weighted by atomic mass is 79.9. The fourth-order valence-electron chi connectivity index (χ4n) is 1.52. The Morgan fingerprint density at radius 3 is 2.60 bits per heavy atom. The summed E-state index contributed by atoms with van der Waals surface area (Å²) in [6, 6.07) is 2.81. The third-order valence-electron chi connectivity index (χ3n) is 2.44. The lowest BCUT2D eigenvalue weighted by Gasteiger charge is -2.11. The fraction of sp³-hybridized carbons (Fsp3) is 0.0909. The molecule has 20 heavy (non-hydrogen) atoms. The monoisotopic (exact) mass is 376 g/mol. The van der Waals surface area contributed by atoms with Gasteiger partial charge in [0.1, 0.15) is 4.60 Å². The zero-order valence-corrected chi connectivity index (χ0v) is 13.4. The number of aryl methyl sites for hydroxylation is 1. The van der Waals surface area contributed by atoms with E-state index >= 15 is 0 Å². The smallest absolute Gasteiger partial charge is 0.263 e. The van der Waals surface area contributed by atoms with Crippen molar-refractivity contribution < 1.29 is 8.42 Å². The van der Waals surface area contributed by atoms with Crippen LogP contribution in [0.3, 0.4) is 0 Å². The summed E-state index contributed by atoms with van der Waals surface area (Å²) in [5.74, 6) is 0.112. The molecule has 9 heteroatoms. The van der Waals surface area contributed by atoms with Crippen LogP contribution in [0, 0.1) is 6.92 Å². The number of hydrogen-bond donors (Lipinski definition) is 2. The molecule has 2 aromatic rings. The van der Waals surface area contributed by atoms with Gasteiger partial charge in [0.05, 0.1) is 28.0 Å². The third kappa shape index (κ3) is 3.20. The number of benzene rings is 1. The van der Waals surface area contributed by atoms with E-state index in [1.165, 1.54) is 24.5 Å². The van der Waals surface area contributed by atoms with E-state index in [0.717, 1.165) is 0 Å². The first kappa shape index (κ1) is 15.0. The van der Waals surface area contributed by atoms with Crippen LogP contribution in [0.25, 0.3) is 0 Å². The predicted octanol–water partition coefficient (Wildman–Crippen LogP) is 2.58. The van der Waals surface area contributed by atoms with E-state index in [2.05, 4.69) is 30.6 Å². The van der Waals surface area contributed by atoms with Gasteiger partial charge in [-0.2, -0.15) is 0 Å². The van der Waals surface area contributed by atoms with E-state index in [1.807, 2.05) is 0 Å². The Morgan fingerprint density at radius 1 is 1.30 bits per heavy atom. The molecule has 0 aliphatic rings. The van der Waals surface area contributed by atoms with Crippen LogP contribution in [0.2, 0.25) is 5.02 Å². The number of nitrogens with one attached hydrogen (secondary N) is 1. The Bertz CT molecular complexity index is 750. The molecule has 106 valence electrons. The van der Waals surface area contributed by atoms with Gasteiger partial charge < -0.3 is 5.73 Å². The topological polar surface area (TPSA) is 98.0 Å². The maximum absolute atomic E-state index is 12.3. The van der Waals surface area contributed by atoms with Crippen LogP contribution in [0.1, 0.15) is 5.56 Å². The van der Waals surface area contributed by atoms with Crippen LogP contribution in [-0.2, 0) is 10.0 Å². The molecule has 0 atom stereocenters. The van der Waals surface area contributed by atoms with Crippen molar-refractivity contribution in [1.82, 2.24) is 9.97 Å². The molecule has 0 saturated heterocycles. The minimum absolute atomic E-state index is 0.0455. The molecular weight excluding hydrogens is 368 g/mol. The molecule has 0 spiro atoms. The van der Waals surface area contributed by atoms with Gasteiger partial charge in [-0.1, -0.05) is 11.6 Å². The van der Waals surface area contributed by atoms with Crippen molar-refractivity contribution in [2.75, 3.05) is 10.5 Å². The van der Waals surface area contributed by atoms with Crippen molar-refractivity contribution in [2.24, 2.45) is 0 Å². The highest BCUT2D eigenvalue weighted by Gasteiger charge is 2.19. The highest BCUT2D eigenvalue weighted by Crippen LogP contribution is 2.27. The third-order valence-corrected chi connectivity index (χ3v) is 4.68. The molecule has 1 aromatic carbocycles. The summed E-state index contributed by atoms with van der Waals surface area (Å²) in [6.45, 7) is 1.63. The molecule has 3 N–H and O–H groups in total. The van der Waals surface area contributed by atoms with Gasteiger partial charge in [0.25, 0.3) is 10.0 Å². The average Bonchev–Trinajstić information content (AvgIpc) is 2.36. The average molecular weight is 378 g/mol.